The van der Waals surface area contributed by atoms with E-state index in [0.717, 1.165) is 6.20 Å². The number of aromatic nitrogens is 2. The number of hydrogen-bond acceptors (Lipinski definition) is 4. The third-order valence-corrected chi connectivity index (χ3v) is 2.60. The lowest BCUT2D eigenvalue weighted by Crippen LogP contribution is -2.15. The van der Waals surface area contributed by atoms with Crippen LogP contribution in [-0.4, -0.2) is 23.2 Å². The SMILES string of the molecule is O=c1ncc(F)c(-c2ccc3c(c2)OCCO3)[nH]1. The van der Waals surface area contributed by atoms with Gasteiger partial charge >= 0.3 is 5.69 Å². The van der Waals surface area contributed by atoms with Crippen LogP contribution in [0.25, 0.3) is 11.3 Å². The minimum atomic E-state index is -0.596. The molecule has 2 heterocycles. The standard InChI is InChI=1S/C12H9FN2O3/c13-8-6-14-12(16)15-11(8)7-1-2-9-10(5-7)18-4-3-17-9/h1-2,5-6H,3-4H2,(H,14,15,16). The van der Waals surface area contributed by atoms with Crippen molar-refractivity contribution in [2.75, 3.05) is 13.2 Å². The first-order valence-corrected chi connectivity index (χ1v) is 5.39. The average molecular weight is 248 g/mol. The zero-order valence-electron chi connectivity index (χ0n) is 9.27. The Morgan fingerprint density at radius 1 is 1.22 bits per heavy atom. The first kappa shape index (κ1) is 10.8. The fourth-order valence-electron chi connectivity index (χ4n) is 1.79. The lowest BCUT2D eigenvalue weighted by Gasteiger charge is -2.18. The summed E-state index contributed by atoms with van der Waals surface area (Å²) in [5.41, 5.74) is 0.00418. The number of benzene rings is 1. The van der Waals surface area contributed by atoms with Gasteiger partial charge in [0.1, 0.15) is 13.2 Å². The summed E-state index contributed by atoms with van der Waals surface area (Å²) < 4.78 is 24.3. The highest BCUT2D eigenvalue weighted by Crippen LogP contribution is 2.34. The molecule has 0 fully saturated rings. The van der Waals surface area contributed by atoms with Crippen LogP contribution in [0.1, 0.15) is 0 Å². The molecule has 18 heavy (non-hydrogen) atoms. The maximum atomic E-state index is 13.6. The molecule has 1 aromatic carbocycles. The summed E-state index contributed by atoms with van der Waals surface area (Å²) in [5, 5.41) is 0. The summed E-state index contributed by atoms with van der Waals surface area (Å²) in [6.45, 7) is 0.943. The van der Waals surface area contributed by atoms with Crippen LogP contribution in [0.4, 0.5) is 4.39 Å². The van der Waals surface area contributed by atoms with Gasteiger partial charge in [0.15, 0.2) is 17.3 Å². The molecule has 0 saturated carbocycles. The number of halogens is 1. The molecule has 0 bridgehead atoms. The molecule has 0 saturated heterocycles. The second-order valence-electron chi connectivity index (χ2n) is 3.77. The van der Waals surface area contributed by atoms with Crippen molar-refractivity contribution in [1.82, 2.24) is 9.97 Å². The number of fused-ring (bicyclic) bond motifs is 1. The Kier molecular flexibility index (Phi) is 2.47. The van der Waals surface area contributed by atoms with Crippen LogP contribution < -0.4 is 15.2 Å². The largest absolute Gasteiger partial charge is 0.486 e. The lowest BCUT2D eigenvalue weighted by atomic mass is 10.1. The second-order valence-corrected chi connectivity index (χ2v) is 3.77. The smallest absolute Gasteiger partial charge is 0.345 e. The van der Waals surface area contributed by atoms with E-state index in [4.69, 9.17) is 9.47 Å². The number of nitrogens with one attached hydrogen (secondary N) is 1. The summed E-state index contributed by atoms with van der Waals surface area (Å²) in [6, 6.07) is 4.97. The number of ether oxygens (including phenoxy) is 2. The molecule has 0 unspecified atom stereocenters. The maximum absolute atomic E-state index is 13.6. The van der Waals surface area contributed by atoms with Crippen molar-refractivity contribution < 1.29 is 13.9 Å². The molecule has 1 aliphatic rings. The molecule has 0 radical (unpaired) electrons. The van der Waals surface area contributed by atoms with Crippen molar-refractivity contribution in [1.29, 1.82) is 0 Å². The van der Waals surface area contributed by atoms with E-state index < -0.39 is 11.5 Å². The quantitative estimate of drug-likeness (QED) is 0.827. The molecule has 1 aliphatic heterocycles. The molecule has 2 aromatic rings. The Balaban J connectivity index is 2.11. The number of aromatic amines is 1. The molecule has 0 amide bonds. The van der Waals surface area contributed by atoms with Crippen molar-refractivity contribution >= 4 is 0 Å². The van der Waals surface area contributed by atoms with Gasteiger partial charge in [-0.2, -0.15) is 4.98 Å². The molecule has 0 atom stereocenters. The van der Waals surface area contributed by atoms with Gasteiger partial charge in [0.2, 0.25) is 0 Å². The zero-order valence-corrected chi connectivity index (χ0v) is 9.27. The summed E-state index contributed by atoms with van der Waals surface area (Å²) in [4.78, 5) is 16.8. The predicted molar refractivity (Wildman–Crippen MR) is 61.2 cm³/mol. The molecular formula is C12H9FN2O3. The van der Waals surface area contributed by atoms with Crippen LogP contribution in [0.2, 0.25) is 0 Å². The Labute approximate surface area is 101 Å². The van der Waals surface area contributed by atoms with E-state index in [1.165, 1.54) is 0 Å². The van der Waals surface area contributed by atoms with Crippen molar-refractivity contribution in [3.05, 3.63) is 40.7 Å². The molecule has 92 valence electrons. The highest BCUT2D eigenvalue weighted by molar-refractivity contribution is 5.64. The van der Waals surface area contributed by atoms with Gasteiger partial charge in [0.05, 0.1) is 11.9 Å². The second kappa shape index (κ2) is 4.14. The highest BCUT2D eigenvalue weighted by Gasteiger charge is 2.14. The van der Waals surface area contributed by atoms with Crippen LogP contribution in [0.5, 0.6) is 11.5 Å². The van der Waals surface area contributed by atoms with E-state index in [1.54, 1.807) is 18.2 Å². The van der Waals surface area contributed by atoms with Gasteiger partial charge in [-0.1, -0.05) is 0 Å². The van der Waals surface area contributed by atoms with Gasteiger partial charge in [-0.15, -0.1) is 0 Å². The number of hydrogen-bond donors (Lipinski definition) is 1. The van der Waals surface area contributed by atoms with E-state index in [9.17, 15) is 9.18 Å². The molecule has 0 spiro atoms. The van der Waals surface area contributed by atoms with Gasteiger partial charge in [0, 0.05) is 5.56 Å². The van der Waals surface area contributed by atoms with Crippen LogP contribution in [0.15, 0.2) is 29.2 Å². The predicted octanol–water partition coefficient (Wildman–Crippen LogP) is 1.35. The van der Waals surface area contributed by atoms with E-state index in [2.05, 4.69) is 9.97 Å². The fourth-order valence-corrected chi connectivity index (χ4v) is 1.79. The molecule has 5 nitrogen and oxygen atoms in total. The van der Waals surface area contributed by atoms with E-state index in [0.29, 0.717) is 30.3 Å². The van der Waals surface area contributed by atoms with Crippen molar-refractivity contribution in [2.24, 2.45) is 0 Å². The molecule has 1 aromatic heterocycles. The molecule has 3 rings (SSSR count). The number of nitrogens with zero attached hydrogens (tertiary/aromatic N) is 1. The Hall–Kier alpha value is -2.37. The molecular weight excluding hydrogens is 239 g/mol. The highest BCUT2D eigenvalue weighted by atomic mass is 19.1. The van der Waals surface area contributed by atoms with Crippen LogP contribution in [0, 0.1) is 5.82 Å². The van der Waals surface area contributed by atoms with Crippen LogP contribution >= 0.6 is 0 Å². The number of rotatable bonds is 1. The summed E-state index contributed by atoms with van der Waals surface area (Å²) in [6.07, 6.45) is 0.894. The third kappa shape index (κ3) is 1.81. The van der Waals surface area contributed by atoms with E-state index in [-0.39, 0.29) is 5.69 Å². The van der Waals surface area contributed by atoms with Crippen molar-refractivity contribution in [2.45, 2.75) is 0 Å². The first-order valence-electron chi connectivity index (χ1n) is 5.39. The summed E-state index contributed by atoms with van der Waals surface area (Å²) in [5.74, 6) is 0.559. The minimum absolute atomic E-state index is 0.0898. The fraction of sp³-hybridized carbons (Fsp3) is 0.167. The number of H-pyrrole nitrogens is 1. The Morgan fingerprint density at radius 2 is 2.00 bits per heavy atom. The van der Waals surface area contributed by atoms with Crippen LogP contribution in [-0.2, 0) is 0 Å². The first-order chi connectivity index (χ1) is 8.74. The monoisotopic (exact) mass is 248 g/mol. The Morgan fingerprint density at radius 3 is 2.83 bits per heavy atom. The topological polar surface area (TPSA) is 64.2 Å². The van der Waals surface area contributed by atoms with Gasteiger partial charge in [-0.3, -0.25) is 0 Å². The van der Waals surface area contributed by atoms with Gasteiger partial charge in [-0.05, 0) is 18.2 Å². The maximum Gasteiger partial charge on any atom is 0.345 e. The molecule has 6 heteroatoms. The van der Waals surface area contributed by atoms with E-state index >= 15 is 0 Å². The average Bonchev–Trinajstić information content (AvgIpc) is 2.41. The zero-order chi connectivity index (χ0) is 12.5. The van der Waals surface area contributed by atoms with Gasteiger partial charge < -0.3 is 14.5 Å². The van der Waals surface area contributed by atoms with Crippen molar-refractivity contribution in [3.63, 3.8) is 0 Å². The normalized spacial score (nSPS) is 13.4. The van der Waals surface area contributed by atoms with Gasteiger partial charge in [0.25, 0.3) is 0 Å². The summed E-state index contributed by atoms with van der Waals surface area (Å²) >= 11 is 0. The summed E-state index contributed by atoms with van der Waals surface area (Å²) in [7, 11) is 0. The molecule has 1 N–H and O–H groups in total. The third-order valence-electron chi connectivity index (χ3n) is 2.60. The Bertz CT molecular complexity index is 654. The lowest BCUT2D eigenvalue weighted by molar-refractivity contribution is 0.171. The van der Waals surface area contributed by atoms with Crippen LogP contribution in [0.3, 0.4) is 0 Å². The van der Waals surface area contributed by atoms with Gasteiger partial charge in [-0.25, -0.2) is 9.18 Å². The molecule has 0 aliphatic carbocycles. The van der Waals surface area contributed by atoms with E-state index in [1.807, 2.05) is 0 Å². The van der Waals surface area contributed by atoms with Crippen molar-refractivity contribution in [3.8, 4) is 22.8 Å². The minimum Gasteiger partial charge on any atom is -0.486 e.